The van der Waals surface area contributed by atoms with Crippen molar-refractivity contribution in [2.45, 2.75) is 51.1 Å². The molecule has 1 amide bonds. The summed E-state index contributed by atoms with van der Waals surface area (Å²) in [7, 11) is 0. The molecule has 3 unspecified atom stereocenters. The first kappa shape index (κ1) is 16.1. The smallest absolute Gasteiger partial charge is 0.225 e. The molecule has 1 aliphatic carbocycles. The molecule has 3 atom stereocenters. The maximum absolute atomic E-state index is 12.6. The van der Waals surface area contributed by atoms with E-state index < -0.39 is 5.54 Å². The lowest BCUT2D eigenvalue weighted by molar-refractivity contribution is -0.128. The van der Waals surface area contributed by atoms with Gasteiger partial charge in [-0.05, 0) is 44.4 Å². The molecule has 0 radical (unpaired) electrons. The van der Waals surface area contributed by atoms with Crippen molar-refractivity contribution in [3.05, 3.63) is 23.8 Å². The molecule has 0 spiro atoms. The van der Waals surface area contributed by atoms with Crippen LogP contribution in [0, 0.1) is 5.92 Å². The van der Waals surface area contributed by atoms with Crippen LogP contribution in [0.3, 0.4) is 0 Å². The number of carbonyl (C=O) groups is 1. The van der Waals surface area contributed by atoms with Gasteiger partial charge in [0, 0.05) is 5.54 Å². The fourth-order valence-corrected chi connectivity index (χ4v) is 3.52. The molecule has 23 heavy (non-hydrogen) atoms. The van der Waals surface area contributed by atoms with E-state index in [1.807, 2.05) is 32.0 Å². The minimum Gasteiger partial charge on any atom is -0.486 e. The lowest BCUT2D eigenvalue weighted by atomic mass is 9.74. The molecule has 1 aliphatic heterocycles. The van der Waals surface area contributed by atoms with Gasteiger partial charge in [0.15, 0.2) is 11.5 Å². The molecule has 3 rings (SSSR count). The number of hydrogen-bond acceptors (Lipinski definition) is 4. The zero-order valence-electron chi connectivity index (χ0n) is 13.9. The zero-order chi connectivity index (χ0) is 16.4. The highest BCUT2D eigenvalue weighted by atomic mass is 16.6. The summed E-state index contributed by atoms with van der Waals surface area (Å²) in [6.07, 6.45) is 3.95. The van der Waals surface area contributed by atoms with Gasteiger partial charge in [0.05, 0.1) is 12.0 Å². The first-order valence-electron chi connectivity index (χ1n) is 8.46. The van der Waals surface area contributed by atoms with Crippen molar-refractivity contribution in [1.29, 1.82) is 0 Å². The maximum atomic E-state index is 12.6. The van der Waals surface area contributed by atoms with Crippen LogP contribution in [0.2, 0.25) is 0 Å². The Morgan fingerprint density at radius 1 is 1.30 bits per heavy atom. The van der Waals surface area contributed by atoms with E-state index in [1.54, 1.807) is 0 Å². The molecular weight excluding hydrogens is 292 g/mol. The highest BCUT2D eigenvalue weighted by Gasteiger charge is 2.38. The average Bonchev–Trinajstić information content (AvgIpc) is 2.53. The van der Waals surface area contributed by atoms with Gasteiger partial charge in [0.25, 0.3) is 0 Å². The summed E-state index contributed by atoms with van der Waals surface area (Å²) in [5.74, 6) is 1.45. The van der Waals surface area contributed by atoms with E-state index in [-0.39, 0.29) is 17.9 Å². The Morgan fingerprint density at radius 3 is 2.78 bits per heavy atom. The average molecular weight is 318 g/mol. The van der Waals surface area contributed by atoms with Crippen molar-refractivity contribution >= 4 is 5.91 Å². The minimum atomic E-state index is -0.408. The zero-order valence-corrected chi connectivity index (χ0v) is 13.9. The van der Waals surface area contributed by atoms with E-state index in [9.17, 15) is 4.79 Å². The summed E-state index contributed by atoms with van der Waals surface area (Å²) in [5, 5.41) is 3.11. The number of rotatable bonds is 3. The molecule has 5 heteroatoms. The second-order valence-electron chi connectivity index (χ2n) is 6.94. The predicted molar refractivity (Wildman–Crippen MR) is 88.5 cm³/mol. The van der Waals surface area contributed by atoms with Crippen molar-refractivity contribution in [3.8, 4) is 11.5 Å². The quantitative estimate of drug-likeness (QED) is 0.898. The summed E-state index contributed by atoms with van der Waals surface area (Å²) in [5.41, 5.74) is 6.93. The molecular formula is C18H26N2O3. The molecule has 1 heterocycles. The van der Waals surface area contributed by atoms with Gasteiger partial charge in [-0.2, -0.15) is 0 Å². The van der Waals surface area contributed by atoms with E-state index in [4.69, 9.17) is 15.2 Å². The standard InChI is InChI=1S/C18H26N2O3/c1-12(13-6-7-15-16(11-13)23-10-9-22-15)20-17(21)14-5-3-4-8-18(14,2)19/h6-7,11-12,14H,3-5,8-10,19H2,1-2H3,(H,20,21). The van der Waals surface area contributed by atoms with Crippen molar-refractivity contribution < 1.29 is 14.3 Å². The first-order chi connectivity index (χ1) is 11.0. The third-order valence-corrected chi connectivity index (χ3v) is 5.00. The monoisotopic (exact) mass is 318 g/mol. The van der Waals surface area contributed by atoms with Crippen LogP contribution in [0.25, 0.3) is 0 Å². The van der Waals surface area contributed by atoms with Gasteiger partial charge >= 0.3 is 0 Å². The van der Waals surface area contributed by atoms with Crippen LogP contribution in [0.1, 0.15) is 51.1 Å². The fourth-order valence-electron chi connectivity index (χ4n) is 3.52. The van der Waals surface area contributed by atoms with Crippen molar-refractivity contribution in [2.75, 3.05) is 13.2 Å². The number of ether oxygens (including phenoxy) is 2. The molecule has 5 nitrogen and oxygen atoms in total. The SMILES string of the molecule is CC(NC(=O)C1CCCCC1(C)N)c1ccc2c(c1)OCCO2. The van der Waals surface area contributed by atoms with E-state index >= 15 is 0 Å². The molecule has 1 aromatic carbocycles. The van der Waals surface area contributed by atoms with Gasteiger partial charge in [-0.1, -0.05) is 18.9 Å². The van der Waals surface area contributed by atoms with Crippen LogP contribution in [-0.4, -0.2) is 24.7 Å². The van der Waals surface area contributed by atoms with E-state index in [2.05, 4.69) is 5.32 Å². The van der Waals surface area contributed by atoms with Crippen molar-refractivity contribution in [1.82, 2.24) is 5.32 Å². The Hall–Kier alpha value is -1.75. The van der Waals surface area contributed by atoms with Gasteiger partial charge in [-0.25, -0.2) is 0 Å². The van der Waals surface area contributed by atoms with Crippen LogP contribution < -0.4 is 20.5 Å². The van der Waals surface area contributed by atoms with Crippen LogP contribution in [0.5, 0.6) is 11.5 Å². The molecule has 1 fully saturated rings. The molecule has 1 aromatic rings. The Kier molecular flexibility index (Phi) is 4.48. The lowest BCUT2D eigenvalue weighted by Crippen LogP contribution is -2.53. The van der Waals surface area contributed by atoms with Gasteiger partial charge in [0.2, 0.25) is 5.91 Å². The van der Waals surface area contributed by atoms with E-state index in [1.165, 1.54) is 0 Å². The topological polar surface area (TPSA) is 73.6 Å². The van der Waals surface area contributed by atoms with Gasteiger partial charge in [-0.15, -0.1) is 0 Å². The number of benzene rings is 1. The summed E-state index contributed by atoms with van der Waals surface area (Å²) in [6, 6.07) is 5.74. The summed E-state index contributed by atoms with van der Waals surface area (Å²) in [4.78, 5) is 12.6. The number of nitrogens with two attached hydrogens (primary N) is 1. The largest absolute Gasteiger partial charge is 0.486 e. The fraction of sp³-hybridized carbons (Fsp3) is 0.611. The van der Waals surface area contributed by atoms with Gasteiger partial charge in [-0.3, -0.25) is 4.79 Å². The summed E-state index contributed by atoms with van der Waals surface area (Å²) < 4.78 is 11.1. The molecule has 126 valence electrons. The van der Waals surface area contributed by atoms with Crippen molar-refractivity contribution in [3.63, 3.8) is 0 Å². The Bertz CT molecular complexity index is 586. The second-order valence-corrected chi connectivity index (χ2v) is 6.94. The van der Waals surface area contributed by atoms with Crippen LogP contribution in [-0.2, 0) is 4.79 Å². The minimum absolute atomic E-state index is 0.0529. The van der Waals surface area contributed by atoms with Crippen LogP contribution in [0.4, 0.5) is 0 Å². The third kappa shape index (κ3) is 3.44. The van der Waals surface area contributed by atoms with Gasteiger partial charge < -0.3 is 20.5 Å². The molecule has 0 bridgehead atoms. The summed E-state index contributed by atoms with van der Waals surface area (Å²) >= 11 is 0. The number of amides is 1. The third-order valence-electron chi connectivity index (χ3n) is 5.00. The maximum Gasteiger partial charge on any atom is 0.225 e. The number of hydrogen-bond donors (Lipinski definition) is 2. The normalized spacial score (nSPS) is 28.0. The first-order valence-corrected chi connectivity index (χ1v) is 8.46. The number of carbonyl (C=O) groups excluding carboxylic acids is 1. The Labute approximate surface area is 137 Å². The molecule has 2 aliphatic rings. The van der Waals surface area contributed by atoms with Crippen molar-refractivity contribution in [2.24, 2.45) is 11.7 Å². The van der Waals surface area contributed by atoms with E-state index in [0.717, 1.165) is 42.7 Å². The highest BCUT2D eigenvalue weighted by Crippen LogP contribution is 2.34. The predicted octanol–water partition coefficient (Wildman–Crippen LogP) is 2.54. The van der Waals surface area contributed by atoms with Gasteiger partial charge in [0.1, 0.15) is 13.2 Å². The molecule has 0 saturated heterocycles. The highest BCUT2D eigenvalue weighted by molar-refractivity contribution is 5.80. The Morgan fingerprint density at radius 2 is 2.04 bits per heavy atom. The number of fused-ring (bicyclic) bond motifs is 1. The molecule has 3 N–H and O–H groups in total. The molecule has 0 aromatic heterocycles. The Balaban J connectivity index is 1.68. The van der Waals surface area contributed by atoms with E-state index in [0.29, 0.717) is 13.2 Å². The lowest BCUT2D eigenvalue weighted by Gasteiger charge is -2.37. The van der Waals surface area contributed by atoms with Crippen LogP contribution >= 0.6 is 0 Å². The van der Waals surface area contributed by atoms with Crippen LogP contribution in [0.15, 0.2) is 18.2 Å². The summed E-state index contributed by atoms with van der Waals surface area (Å²) in [6.45, 7) is 5.12. The molecule has 1 saturated carbocycles. The number of nitrogens with one attached hydrogen (secondary N) is 1. The second kappa shape index (κ2) is 6.40.